The highest BCUT2D eigenvalue weighted by Gasteiger charge is 2.30. The van der Waals surface area contributed by atoms with Crippen molar-refractivity contribution in [2.75, 3.05) is 7.11 Å². The Morgan fingerprint density at radius 2 is 1.82 bits per heavy atom. The summed E-state index contributed by atoms with van der Waals surface area (Å²) in [5, 5.41) is 11.4. The number of nitrogens with zero attached hydrogens (tertiary/aromatic N) is 2. The average Bonchev–Trinajstić information content (AvgIpc) is 3.07. The Hall–Kier alpha value is -2.60. The number of rotatable bonds is 8. The monoisotopic (exact) mass is 395 g/mol. The molecule has 28 heavy (non-hydrogen) atoms. The quantitative estimate of drug-likeness (QED) is 0.538. The van der Waals surface area contributed by atoms with Gasteiger partial charge in [0.25, 0.3) is 0 Å². The maximum atomic E-state index is 12.2. The van der Waals surface area contributed by atoms with Gasteiger partial charge in [0.1, 0.15) is 5.75 Å². The van der Waals surface area contributed by atoms with Crippen LogP contribution in [0.4, 0.5) is 0 Å². The van der Waals surface area contributed by atoms with E-state index in [0.29, 0.717) is 11.6 Å². The van der Waals surface area contributed by atoms with E-state index in [-0.39, 0.29) is 11.2 Å². The number of hydrogen-bond donors (Lipinski definition) is 1. The minimum Gasteiger partial charge on any atom is -0.497 e. The van der Waals surface area contributed by atoms with Gasteiger partial charge in [0.05, 0.1) is 18.6 Å². The first-order valence-corrected chi connectivity index (χ1v) is 10.4. The van der Waals surface area contributed by atoms with E-state index in [0.717, 1.165) is 23.3 Å². The van der Waals surface area contributed by atoms with Gasteiger partial charge in [0, 0.05) is 0 Å². The number of methoxy groups -OCH3 is 1. The molecule has 0 aliphatic carbocycles. The summed E-state index contributed by atoms with van der Waals surface area (Å²) < 4.78 is 5.13. The highest BCUT2D eigenvalue weighted by molar-refractivity contribution is 8.15. The lowest BCUT2D eigenvalue weighted by Gasteiger charge is -2.06. The molecule has 1 aliphatic heterocycles. The summed E-state index contributed by atoms with van der Waals surface area (Å²) in [6.45, 7) is 2.20. The van der Waals surface area contributed by atoms with E-state index in [4.69, 9.17) is 4.74 Å². The summed E-state index contributed by atoms with van der Waals surface area (Å²) in [6.07, 6.45) is 5.85. The number of carbonyl (C=O) groups is 1. The Bertz CT molecular complexity index is 845. The molecule has 0 spiro atoms. The average molecular weight is 396 g/mol. The second kappa shape index (κ2) is 10.1. The molecule has 1 amide bonds. The fraction of sp³-hybridized carbons (Fsp3) is 0.318. The lowest BCUT2D eigenvalue weighted by atomic mass is 10.0. The van der Waals surface area contributed by atoms with Gasteiger partial charge in [-0.2, -0.15) is 5.10 Å². The summed E-state index contributed by atoms with van der Waals surface area (Å²) >= 11 is 1.43. The minimum atomic E-state index is -0.170. The molecule has 1 aliphatic rings. The predicted octanol–water partition coefficient (Wildman–Crippen LogP) is 4.20. The first-order chi connectivity index (χ1) is 13.7. The molecule has 0 aromatic heterocycles. The fourth-order valence-corrected chi connectivity index (χ4v) is 3.83. The molecule has 0 bridgehead atoms. The molecule has 1 saturated heterocycles. The number of nitrogens with one attached hydrogen (secondary N) is 1. The molecule has 3 rings (SSSR count). The largest absolute Gasteiger partial charge is 0.497 e. The molecule has 0 unspecified atom stereocenters. The Labute approximate surface area is 170 Å². The van der Waals surface area contributed by atoms with Crippen molar-refractivity contribution in [1.82, 2.24) is 5.32 Å². The zero-order chi connectivity index (χ0) is 19.8. The maximum Gasteiger partial charge on any atom is 0.239 e. The van der Waals surface area contributed by atoms with Crippen LogP contribution in [0.15, 0.2) is 58.7 Å². The molecule has 1 N–H and O–H groups in total. The number of benzene rings is 2. The van der Waals surface area contributed by atoms with E-state index in [2.05, 4.69) is 46.7 Å². The Morgan fingerprint density at radius 3 is 2.50 bits per heavy atom. The van der Waals surface area contributed by atoms with Crippen LogP contribution in [0.5, 0.6) is 5.75 Å². The predicted molar refractivity (Wildman–Crippen MR) is 116 cm³/mol. The summed E-state index contributed by atoms with van der Waals surface area (Å²) in [7, 11) is 1.63. The normalized spacial score (nSPS) is 18.0. The van der Waals surface area contributed by atoms with Crippen LogP contribution >= 0.6 is 11.8 Å². The van der Waals surface area contributed by atoms with E-state index in [1.165, 1.54) is 30.2 Å². The van der Waals surface area contributed by atoms with Crippen molar-refractivity contribution in [1.29, 1.82) is 0 Å². The van der Waals surface area contributed by atoms with Crippen molar-refractivity contribution in [3.8, 4) is 5.75 Å². The summed E-state index contributed by atoms with van der Waals surface area (Å²) in [6, 6.07) is 16.1. The first-order valence-electron chi connectivity index (χ1n) is 9.48. The van der Waals surface area contributed by atoms with E-state index in [1.54, 1.807) is 13.3 Å². The highest BCUT2D eigenvalue weighted by atomic mass is 32.2. The Kier molecular flexibility index (Phi) is 7.25. The third-order valence-corrected chi connectivity index (χ3v) is 5.58. The van der Waals surface area contributed by atoms with Crippen LogP contribution in [-0.4, -0.2) is 29.6 Å². The number of thioether (sulfide) groups is 1. The molecule has 2 aromatic carbocycles. The Balaban J connectivity index is 1.55. The van der Waals surface area contributed by atoms with Crippen molar-refractivity contribution in [2.45, 2.75) is 37.9 Å². The molecule has 1 heterocycles. The third-order valence-electron chi connectivity index (χ3n) is 4.51. The van der Waals surface area contributed by atoms with E-state index >= 15 is 0 Å². The third kappa shape index (κ3) is 5.70. The van der Waals surface area contributed by atoms with Crippen molar-refractivity contribution in [2.24, 2.45) is 10.2 Å². The highest BCUT2D eigenvalue weighted by Crippen LogP contribution is 2.23. The van der Waals surface area contributed by atoms with Crippen LogP contribution < -0.4 is 10.1 Å². The fourth-order valence-electron chi connectivity index (χ4n) is 2.86. The SMILES string of the molecule is CCCCc1ccc(C[C@@H]2S/C(=N/N=C\c3ccc(OC)cc3)NC2=O)cc1. The molecule has 0 radical (unpaired) electrons. The number of carbonyl (C=O) groups excluding carboxylic acids is 1. The number of ether oxygens (including phenoxy) is 1. The van der Waals surface area contributed by atoms with Gasteiger partial charge in [-0.3, -0.25) is 4.79 Å². The zero-order valence-corrected chi connectivity index (χ0v) is 17.0. The van der Waals surface area contributed by atoms with Gasteiger partial charge < -0.3 is 10.1 Å². The molecule has 1 fully saturated rings. The number of hydrogen-bond acceptors (Lipinski definition) is 5. The smallest absolute Gasteiger partial charge is 0.239 e. The summed E-state index contributed by atoms with van der Waals surface area (Å²) in [5.74, 6) is 0.779. The summed E-state index contributed by atoms with van der Waals surface area (Å²) in [5.41, 5.74) is 3.43. The summed E-state index contributed by atoms with van der Waals surface area (Å²) in [4.78, 5) is 12.2. The van der Waals surface area contributed by atoms with E-state index < -0.39 is 0 Å². The molecular weight excluding hydrogens is 370 g/mol. The van der Waals surface area contributed by atoms with Crippen LogP contribution in [-0.2, 0) is 17.6 Å². The maximum absolute atomic E-state index is 12.2. The van der Waals surface area contributed by atoms with Crippen LogP contribution in [0.1, 0.15) is 36.5 Å². The molecule has 146 valence electrons. The van der Waals surface area contributed by atoms with Gasteiger partial charge in [-0.25, -0.2) is 0 Å². The lowest BCUT2D eigenvalue weighted by molar-refractivity contribution is -0.118. The van der Waals surface area contributed by atoms with Crippen molar-refractivity contribution in [3.63, 3.8) is 0 Å². The topological polar surface area (TPSA) is 63.1 Å². The van der Waals surface area contributed by atoms with Gasteiger partial charge in [-0.05, 0) is 60.2 Å². The van der Waals surface area contributed by atoms with E-state index in [1.807, 2.05) is 24.3 Å². The van der Waals surface area contributed by atoms with Gasteiger partial charge >= 0.3 is 0 Å². The molecular formula is C22H25N3O2S. The first kappa shape index (κ1) is 20.1. The minimum absolute atomic E-state index is 0.0153. The second-order valence-corrected chi connectivity index (χ2v) is 7.83. The van der Waals surface area contributed by atoms with Crippen LogP contribution in [0.25, 0.3) is 0 Å². The van der Waals surface area contributed by atoms with Crippen LogP contribution in [0.3, 0.4) is 0 Å². The van der Waals surface area contributed by atoms with Crippen LogP contribution in [0.2, 0.25) is 0 Å². The van der Waals surface area contributed by atoms with Crippen molar-refractivity contribution in [3.05, 3.63) is 65.2 Å². The van der Waals surface area contributed by atoms with Gasteiger partial charge in [-0.15, -0.1) is 5.10 Å². The van der Waals surface area contributed by atoms with Gasteiger partial charge in [0.15, 0.2) is 5.17 Å². The Morgan fingerprint density at radius 1 is 1.11 bits per heavy atom. The molecule has 6 heteroatoms. The molecule has 1 atom stereocenters. The van der Waals surface area contributed by atoms with Gasteiger partial charge in [0.2, 0.25) is 5.91 Å². The molecule has 2 aromatic rings. The van der Waals surface area contributed by atoms with E-state index in [9.17, 15) is 4.79 Å². The number of aryl methyl sites for hydroxylation is 1. The number of unbranched alkanes of at least 4 members (excludes halogenated alkanes) is 1. The zero-order valence-electron chi connectivity index (χ0n) is 16.2. The standard InChI is InChI=1S/C22H25N3O2S/c1-3-4-5-16-6-8-17(9-7-16)14-20-21(26)24-22(28-20)25-23-15-18-10-12-19(27-2)13-11-18/h6-13,15,20H,3-5,14H2,1-2H3,(H,24,25,26)/b23-15-/t20-/m0/s1. The second-order valence-electron chi connectivity index (χ2n) is 6.64. The van der Waals surface area contributed by atoms with Crippen molar-refractivity contribution < 1.29 is 9.53 Å². The molecule has 5 nitrogen and oxygen atoms in total. The van der Waals surface area contributed by atoms with Gasteiger partial charge in [-0.1, -0.05) is 49.4 Å². The number of amidine groups is 1. The lowest BCUT2D eigenvalue weighted by Crippen LogP contribution is -2.25. The number of amides is 1. The molecule has 0 saturated carbocycles. The van der Waals surface area contributed by atoms with Crippen molar-refractivity contribution >= 4 is 29.1 Å². The van der Waals surface area contributed by atoms with Crippen LogP contribution in [0, 0.1) is 0 Å².